The fraction of sp³-hybridized carbons (Fsp3) is 0.429. The fourth-order valence-corrected chi connectivity index (χ4v) is 4.09. The summed E-state index contributed by atoms with van der Waals surface area (Å²) in [6.45, 7) is 3.75. The van der Waals surface area contributed by atoms with Crippen molar-refractivity contribution in [1.82, 2.24) is 19.6 Å². The van der Waals surface area contributed by atoms with E-state index in [1.807, 2.05) is 18.2 Å². The molecule has 0 radical (unpaired) electrons. The molecule has 5 rings (SSSR count). The van der Waals surface area contributed by atoms with Crippen molar-refractivity contribution in [2.75, 3.05) is 48.4 Å². The lowest BCUT2D eigenvalue weighted by Gasteiger charge is -2.17. The summed E-state index contributed by atoms with van der Waals surface area (Å²) >= 11 is 0. The van der Waals surface area contributed by atoms with Gasteiger partial charge < -0.3 is 19.9 Å². The summed E-state index contributed by atoms with van der Waals surface area (Å²) in [5.41, 5.74) is 1.19. The summed E-state index contributed by atoms with van der Waals surface area (Å²) in [5, 5.41) is 7.59. The molecule has 5 heterocycles. The molecule has 156 valence electrons. The van der Waals surface area contributed by atoms with Crippen molar-refractivity contribution in [3.63, 3.8) is 0 Å². The van der Waals surface area contributed by atoms with Gasteiger partial charge in [0.2, 0.25) is 0 Å². The van der Waals surface area contributed by atoms with E-state index in [1.165, 1.54) is 12.8 Å². The normalized spacial score (nSPS) is 19.0. The Balaban J connectivity index is 1.31. The Hall–Kier alpha value is -3.20. The predicted molar refractivity (Wildman–Crippen MR) is 114 cm³/mol. The van der Waals surface area contributed by atoms with E-state index in [4.69, 9.17) is 4.74 Å². The number of nitrogens with one attached hydrogen (secondary N) is 1. The van der Waals surface area contributed by atoms with Crippen LogP contribution in [0.2, 0.25) is 0 Å². The fourth-order valence-electron chi connectivity index (χ4n) is 4.09. The zero-order chi connectivity index (χ0) is 20.5. The number of carbonyl (C=O) groups excluding carboxylic acids is 1. The van der Waals surface area contributed by atoms with Crippen LogP contribution in [0.25, 0.3) is 5.65 Å². The largest absolute Gasteiger partial charge is 0.380 e. The van der Waals surface area contributed by atoms with Crippen molar-refractivity contribution < 1.29 is 9.53 Å². The number of aromatic nitrogens is 4. The second kappa shape index (κ2) is 7.91. The van der Waals surface area contributed by atoms with Gasteiger partial charge in [0.15, 0.2) is 11.5 Å². The maximum absolute atomic E-state index is 12.8. The van der Waals surface area contributed by atoms with Crippen molar-refractivity contribution in [2.45, 2.75) is 25.4 Å². The molecule has 2 fully saturated rings. The van der Waals surface area contributed by atoms with Crippen molar-refractivity contribution in [3.8, 4) is 0 Å². The second-order valence-corrected chi connectivity index (χ2v) is 7.75. The Morgan fingerprint density at radius 2 is 1.87 bits per heavy atom. The number of hydrogen-bond acceptors (Lipinski definition) is 7. The summed E-state index contributed by atoms with van der Waals surface area (Å²) in [6.07, 6.45) is 6.82. The Kier molecular flexibility index (Phi) is 4.96. The molecule has 9 heteroatoms. The number of amides is 1. The average Bonchev–Trinajstić information content (AvgIpc) is 3.54. The van der Waals surface area contributed by atoms with Crippen LogP contribution in [-0.2, 0) is 4.74 Å². The maximum atomic E-state index is 12.8. The van der Waals surface area contributed by atoms with Crippen LogP contribution in [0.3, 0.4) is 0 Å². The first-order valence-electron chi connectivity index (χ1n) is 10.4. The molecule has 0 aromatic carbocycles. The Morgan fingerprint density at radius 3 is 2.60 bits per heavy atom. The van der Waals surface area contributed by atoms with Crippen LogP contribution in [0.1, 0.15) is 29.6 Å². The first kappa shape index (κ1) is 18.8. The Labute approximate surface area is 174 Å². The molecular weight excluding hydrogens is 382 g/mol. The molecule has 1 atom stereocenters. The van der Waals surface area contributed by atoms with E-state index in [9.17, 15) is 4.79 Å². The summed E-state index contributed by atoms with van der Waals surface area (Å²) in [6, 6.07) is 7.58. The van der Waals surface area contributed by atoms with Crippen molar-refractivity contribution in [3.05, 3.63) is 42.2 Å². The quantitative estimate of drug-likeness (QED) is 0.694. The molecule has 0 bridgehead atoms. The third kappa shape index (κ3) is 3.56. The number of methoxy groups -OCH3 is 1. The molecule has 1 amide bonds. The summed E-state index contributed by atoms with van der Waals surface area (Å²) in [4.78, 5) is 26.0. The van der Waals surface area contributed by atoms with Gasteiger partial charge in [-0.2, -0.15) is 4.52 Å². The third-order valence-electron chi connectivity index (χ3n) is 5.83. The van der Waals surface area contributed by atoms with E-state index < -0.39 is 0 Å². The van der Waals surface area contributed by atoms with Gasteiger partial charge in [0.1, 0.15) is 11.6 Å². The predicted octanol–water partition coefficient (Wildman–Crippen LogP) is 2.20. The van der Waals surface area contributed by atoms with Gasteiger partial charge in [-0.3, -0.25) is 4.79 Å². The van der Waals surface area contributed by atoms with Crippen molar-refractivity contribution in [1.29, 1.82) is 0 Å². The molecular formula is C21H25N7O2. The summed E-state index contributed by atoms with van der Waals surface area (Å²) in [7, 11) is 1.73. The van der Waals surface area contributed by atoms with Crippen LogP contribution in [0, 0.1) is 0 Å². The number of imidazole rings is 1. The molecule has 2 aliphatic rings. The number of fused-ring (bicyclic) bond motifs is 1. The number of ether oxygens (including phenoxy) is 1. The lowest BCUT2D eigenvalue weighted by atomic mass is 10.2. The van der Waals surface area contributed by atoms with Gasteiger partial charge >= 0.3 is 0 Å². The highest BCUT2D eigenvalue weighted by atomic mass is 16.5. The topological polar surface area (TPSA) is 87.9 Å². The van der Waals surface area contributed by atoms with Gasteiger partial charge in [0.05, 0.1) is 17.9 Å². The minimum Gasteiger partial charge on any atom is -0.380 e. The van der Waals surface area contributed by atoms with Crippen LogP contribution in [0.15, 0.2) is 36.7 Å². The zero-order valence-corrected chi connectivity index (χ0v) is 17.0. The lowest BCUT2D eigenvalue weighted by molar-refractivity contribution is 0.102. The minimum atomic E-state index is -0.236. The average molecular weight is 407 g/mol. The first-order valence-corrected chi connectivity index (χ1v) is 10.4. The van der Waals surface area contributed by atoms with Crippen LogP contribution in [-0.4, -0.2) is 64.9 Å². The third-order valence-corrected chi connectivity index (χ3v) is 5.83. The molecule has 0 aliphatic carbocycles. The van der Waals surface area contributed by atoms with Gasteiger partial charge in [-0.15, -0.1) is 5.10 Å². The summed E-state index contributed by atoms with van der Waals surface area (Å²) < 4.78 is 7.09. The highest BCUT2D eigenvalue weighted by Gasteiger charge is 2.23. The van der Waals surface area contributed by atoms with E-state index in [-0.39, 0.29) is 12.0 Å². The number of carbonyl (C=O) groups is 1. The molecule has 2 saturated heterocycles. The molecule has 1 unspecified atom stereocenters. The molecule has 3 aromatic rings. The van der Waals surface area contributed by atoms with E-state index in [0.717, 1.165) is 44.2 Å². The van der Waals surface area contributed by atoms with E-state index >= 15 is 0 Å². The van der Waals surface area contributed by atoms with E-state index in [0.29, 0.717) is 17.0 Å². The number of hydrogen-bond donors (Lipinski definition) is 1. The van der Waals surface area contributed by atoms with Crippen molar-refractivity contribution in [2.24, 2.45) is 0 Å². The monoisotopic (exact) mass is 407 g/mol. The van der Waals surface area contributed by atoms with E-state index in [1.54, 1.807) is 30.1 Å². The standard InChI is InChI=1S/C21H25N7O2/c1-30-16-8-11-27(14-16)17-5-4-15(12-22-17)21(29)24-20-13-23-18-6-7-19(25-28(18)20)26-9-2-3-10-26/h4-7,12-13,16H,2-3,8-11,14H2,1H3,(H,24,29). The molecule has 0 saturated carbocycles. The van der Waals surface area contributed by atoms with Gasteiger partial charge in [0, 0.05) is 39.5 Å². The number of nitrogens with zero attached hydrogens (tertiary/aromatic N) is 6. The highest BCUT2D eigenvalue weighted by molar-refractivity contribution is 6.03. The van der Waals surface area contributed by atoms with Crippen LogP contribution >= 0.6 is 0 Å². The first-order chi connectivity index (χ1) is 14.7. The SMILES string of the molecule is COC1CCN(c2ccc(C(=O)Nc3cnc4ccc(N5CCCC5)nn34)cn2)C1. The Morgan fingerprint density at radius 1 is 1.03 bits per heavy atom. The molecule has 1 N–H and O–H groups in total. The van der Waals surface area contributed by atoms with Gasteiger partial charge in [-0.1, -0.05) is 0 Å². The van der Waals surface area contributed by atoms with Crippen LogP contribution in [0.5, 0.6) is 0 Å². The maximum Gasteiger partial charge on any atom is 0.258 e. The Bertz CT molecular complexity index is 1040. The summed E-state index contributed by atoms with van der Waals surface area (Å²) in [5.74, 6) is 2.07. The molecule has 0 spiro atoms. The molecule has 3 aromatic heterocycles. The van der Waals surface area contributed by atoms with Crippen molar-refractivity contribution >= 4 is 29.0 Å². The number of rotatable bonds is 5. The van der Waals surface area contributed by atoms with Gasteiger partial charge in [-0.25, -0.2) is 9.97 Å². The van der Waals surface area contributed by atoms with Gasteiger partial charge in [-0.05, 0) is 43.5 Å². The highest BCUT2D eigenvalue weighted by Crippen LogP contribution is 2.21. The smallest absolute Gasteiger partial charge is 0.258 e. The van der Waals surface area contributed by atoms with Crippen LogP contribution in [0.4, 0.5) is 17.5 Å². The molecule has 9 nitrogen and oxygen atoms in total. The second-order valence-electron chi connectivity index (χ2n) is 7.75. The van der Waals surface area contributed by atoms with Gasteiger partial charge in [0.25, 0.3) is 5.91 Å². The minimum absolute atomic E-state index is 0.236. The number of pyridine rings is 1. The lowest BCUT2D eigenvalue weighted by Crippen LogP contribution is -2.23. The zero-order valence-electron chi connectivity index (χ0n) is 17.0. The molecule has 2 aliphatic heterocycles. The van der Waals surface area contributed by atoms with Crippen LogP contribution < -0.4 is 15.1 Å². The number of anilines is 3. The molecule has 30 heavy (non-hydrogen) atoms. The van der Waals surface area contributed by atoms with E-state index in [2.05, 4.69) is 30.2 Å².